The van der Waals surface area contributed by atoms with Gasteiger partial charge in [0, 0.05) is 11.3 Å². The number of hydrogen-bond donors (Lipinski definition) is 4. The summed E-state index contributed by atoms with van der Waals surface area (Å²) in [5.41, 5.74) is 4.20. The van der Waals surface area contributed by atoms with Crippen molar-refractivity contribution < 1.29 is 26.3 Å². The van der Waals surface area contributed by atoms with Gasteiger partial charge < -0.3 is 15.8 Å². The number of anilines is 3. The molecule has 0 amide bonds. The molecule has 1 saturated heterocycles. The predicted octanol–water partition coefficient (Wildman–Crippen LogP) is 3.15. The van der Waals surface area contributed by atoms with Gasteiger partial charge in [-0.3, -0.25) is 0 Å². The van der Waals surface area contributed by atoms with Gasteiger partial charge in [-0.15, -0.1) is 5.10 Å². The van der Waals surface area contributed by atoms with Crippen LogP contribution in [0.2, 0.25) is 5.02 Å². The molecule has 3 aromatic rings. The van der Waals surface area contributed by atoms with Crippen molar-refractivity contribution in [2.24, 2.45) is 0 Å². The number of sulfonamides is 1. The van der Waals surface area contributed by atoms with E-state index in [0.29, 0.717) is 0 Å². The molecule has 2 heterocycles. The second-order valence-electron chi connectivity index (χ2n) is 6.93. The van der Waals surface area contributed by atoms with Gasteiger partial charge in [-0.2, -0.15) is 18.2 Å². The van der Waals surface area contributed by atoms with Gasteiger partial charge in [0.15, 0.2) is 0 Å². The molecule has 170 valence electrons. The Kier molecular flexibility index (Phi) is 5.75. The molecule has 14 heteroatoms. The van der Waals surface area contributed by atoms with Crippen molar-refractivity contribution in [3.8, 4) is 11.1 Å². The smallest absolute Gasteiger partial charge is 0.378 e. The average Bonchev–Trinajstić information content (AvgIpc) is 3.08. The zero-order valence-corrected chi connectivity index (χ0v) is 17.6. The summed E-state index contributed by atoms with van der Waals surface area (Å²) in [6.07, 6.45) is -4.74. The fraction of sp³-hybridized carbons (Fsp3) is 0.222. The van der Waals surface area contributed by atoms with Crippen LogP contribution in [-0.2, 0) is 20.9 Å². The standard InChI is InChI=1S/C18H16ClF3N6O3S/c19-14-6-10(24-17-25-16(23)26-27-17)5-13(18(20,21)22)15(14)9-1-3-12(4-2-9)32(29,30)28-11-7-31-8-11/h1-6,11,28H,7-8H2,(H4,23,24,25,26,27). The number of H-pyrrole nitrogens is 1. The Bertz CT molecular complexity index is 1240. The average molecular weight is 489 g/mol. The Hall–Kier alpha value is -2.87. The van der Waals surface area contributed by atoms with Gasteiger partial charge >= 0.3 is 6.18 Å². The lowest BCUT2D eigenvalue weighted by Gasteiger charge is -2.26. The zero-order chi connectivity index (χ0) is 23.1. The number of nitrogens with one attached hydrogen (secondary N) is 3. The van der Waals surface area contributed by atoms with E-state index in [9.17, 15) is 21.6 Å². The number of aromatic nitrogens is 3. The normalized spacial score (nSPS) is 14.9. The zero-order valence-electron chi connectivity index (χ0n) is 16.1. The number of rotatable bonds is 6. The minimum atomic E-state index is -4.74. The highest BCUT2D eigenvalue weighted by atomic mass is 35.5. The van der Waals surface area contributed by atoms with Crippen LogP contribution >= 0.6 is 11.6 Å². The Morgan fingerprint density at radius 3 is 2.41 bits per heavy atom. The topological polar surface area (TPSA) is 135 Å². The Morgan fingerprint density at radius 2 is 1.88 bits per heavy atom. The van der Waals surface area contributed by atoms with Crippen LogP contribution in [0.4, 0.5) is 30.8 Å². The Morgan fingerprint density at radius 1 is 1.19 bits per heavy atom. The Labute approximate surface area is 185 Å². The highest BCUT2D eigenvalue weighted by Gasteiger charge is 2.35. The first-order valence-electron chi connectivity index (χ1n) is 9.09. The van der Waals surface area contributed by atoms with Crippen LogP contribution in [-0.4, -0.2) is 42.9 Å². The molecule has 0 aliphatic carbocycles. The fourth-order valence-electron chi connectivity index (χ4n) is 3.05. The molecule has 5 N–H and O–H groups in total. The van der Waals surface area contributed by atoms with E-state index in [1.165, 1.54) is 30.3 Å². The largest absolute Gasteiger partial charge is 0.417 e. The number of benzene rings is 2. The third-order valence-corrected chi connectivity index (χ3v) is 6.40. The fourth-order valence-corrected chi connectivity index (χ4v) is 4.58. The molecule has 0 bridgehead atoms. The summed E-state index contributed by atoms with van der Waals surface area (Å²) < 4.78 is 73.7. The van der Waals surface area contributed by atoms with Crippen molar-refractivity contribution in [3.63, 3.8) is 0 Å². The molecule has 4 rings (SSSR count). The summed E-state index contributed by atoms with van der Waals surface area (Å²) >= 11 is 6.21. The number of nitrogen functional groups attached to an aromatic ring is 1. The molecule has 1 aliphatic heterocycles. The number of hydrogen-bond acceptors (Lipinski definition) is 7. The third kappa shape index (κ3) is 4.65. The highest BCUT2D eigenvalue weighted by molar-refractivity contribution is 7.89. The van der Waals surface area contributed by atoms with E-state index in [-0.39, 0.29) is 57.9 Å². The molecule has 2 aromatic carbocycles. The van der Waals surface area contributed by atoms with Crippen molar-refractivity contribution in [1.29, 1.82) is 0 Å². The van der Waals surface area contributed by atoms with Crippen LogP contribution in [0, 0.1) is 0 Å². The SMILES string of the molecule is Nc1nc(Nc2cc(Cl)c(-c3ccc(S(=O)(=O)NC4COC4)cc3)c(C(F)(F)F)c2)n[nH]1. The molecular formula is C18H16ClF3N6O3S. The molecule has 32 heavy (non-hydrogen) atoms. The first kappa shape index (κ1) is 22.3. The van der Waals surface area contributed by atoms with E-state index >= 15 is 0 Å². The summed E-state index contributed by atoms with van der Waals surface area (Å²) in [6.45, 7) is 0.533. The lowest BCUT2D eigenvalue weighted by molar-refractivity contribution is -0.137. The molecule has 0 unspecified atom stereocenters. The molecule has 0 saturated carbocycles. The number of halogens is 4. The quantitative estimate of drug-likeness (QED) is 0.418. The van der Waals surface area contributed by atoms with E-state index < -0.39 is 21.8 Å². The van der Waals surface area contributed by atoms with Crippen LogP contribution in [0.15, 0.2) is 41.3 Å². The summed E-state index contributed by atoms with van der Waals surface area (Å²) in [5, 5.41) is 8.47. The van der Waals surface area contributed by atoms with Crippen LogP contribution in [0.5, 0.6) is 0 Å². The van der Waals surface area contributed by atoms with Crippen molar-refractivity contribution >= 4 is 39.2 Å². The van der Waals surface area contributed by atoms with Gasteiger partial charge in [-0.25, -0.2) is 18.2 Å². The number of nitrogens with two attached hydrogens (primary N) is 1. The van der Waals surface area contributed by atoms with Crippen molar-refractivity contribution in [1.82, 2.24) is 19.9 Å². The first-order chi connectivity index (χ1) is 15.0. The number of alkyl halides is 3. The number of aromatic amines is 1. The predicted molar refractivity (Wildman–Crippen MR) is 111 cm³/mol. The lowest BCUT2D eigenvalue weighted by Crippen LogP contribution is -2.48. The van der Waals surface area contributed by atoms with Crippen LogP contribution in [0.1, 0.15) is 5.56 Å². The molecule has 1 fully saturated rings. The monoisotopic (exact) mass is 488 g/mol. The van der Waals surface area contributed by atoms with Gasteiger partial charge in [0.05, 0.1) is 34.7 Å². The van der Waals surface area contributed by atoms with Crippen molar-refractivity contribution in [3.05, 3.63) is 47.0 Å². The van der Waals surface area contributed by atoms with Crippen LogP contribution < -0.4 is 15.8 Å². The maximum absolute atomic E-state index is 13.8. The minimum absolute atomic E-state index is 0.00353. The van der Waals surface area contributed by atoms with E-state index in [2.05, 4.69) is 25.2 Å². The van der Waals surface area contributed by atoms with Crippen LogP contribution in [0.3, 0.4) is 0 Å². The maximum Gasteiger partial charge on any atom is 0.417 e. The van der Waals surface area contributed by atoms with E-state index in [4.69, 9.17) is 22.1 Å². The van der Waals surface area contributed by atoms with E-state index in [1.807, 2.05) is 0 Å². The van der Waals surface area contributed by atoms with E-state index in [1.54, 1.807) is 0 Å². The van der Waals surface area contributed by atoms with Crippen LogP contribution in [0.25, 0.3) is 11.1 Å². The third-order valence-electron chi connectivity index (χ3n) is 4.57. The van der Waals surface area contributed by atoms with Gasteiger partial charge in [-0.1, -0.05) is 23.7 Å². The molecule has 0 spiro atoms. The molecule has 1 aromatic heterocycles. The second-order valence-corrected chi connectivity index (χ2v) is 9.05. The molecule has 0 atom stereocenters. The molecule has 0 radical (unpaired) electrons. The summed E-state index contributed by atoms with van der Waals surface area (Å²) in [6, 6.07) is 6.78. The number of ether oxygens (including phenoxy) is 1. The molecule has 1 aliphatic rings. The molecule has 9 nitrogen and oxygen atoms in total. The van der Waals surface area contributed by atoms with Gasteiger partial charge in [0.1, 0.15) is 0 Å². The van der Waals surface area contributed by atoms with Gasteiger partial charge in [-0.05, 0) is 29.8 Å². The molecular weight excluding hydrogens is 473 g/mol. The van der Waals surface area contributed by atoms with Crippen molar-refractivity contribution in [2.75, 3.05) is 24.3 Å². The summed E-state index contributed by atoms with van der Waals surface area (Å²) in [4.78, 5) is 3.69. The van der Waals surface area contributed by atoms with E-state index in [0.717, 1.165) is 6.07 Å². The lowest BCUT2D eigenvalue weighted by atomic mass is 9.98. The van der Waals surface area contributed by atoms with Gasteiger partial charge in [0.25, 0.3) is 0 Å². The Balaban J connectivity index is 1.69. The van der Waals surface area contributed by atoms with Crippen molar-refractivity contribution in [2.45, 2.75) is 17.1 Å². The highest BCUT2D eigenvalue weighted by Crippen LogP contribution is 2.43. The summed E-state index contributed by atoms with van der Waals surface area (Å²) in [7, 11) is -3.83. The maximum atomic E-state index is 13.8. The first-order valence-corrected chi connectivity index (χ1v) is 11.0. The van der Waals surface area contributed by atoms with Gasteiger partial charge in [0.2, 0.25) is 21.9 Å². The second kappa shape index (κ2) is 8.24. The number of nitrogens with zero attached hydrogens (tertiary/aromatic N) is 2. The minimum Gasteiger partial charge on any atom is -0.378 e. The summed E-state index contributed by atoms with van der Waals surface area (Å²) in [5.74, 6) is -0.0426.